The predicted molar refractivity (Wildman–Crippen MR) is 102 cm³/mol. The average Bonchev–Trinajstić information content (AvgIpc) is 2.49. The molecule has 0 N–H and O–H groups in total. The zero-order valence-corrected chi connectivity index (χ0v) is 16.9. The van der Waals surface area contributed by atoms with E-state index >= 15 is 0 Å². The van der Waals surface area contributed by atoms with Gasteiger partial charge in [-0.3, -0.25) is 4.90 Å². The number of rotatable bonds is 5. The summed E-state index contributed by atoms with van der Waals surface area (Å²) >= 11 is 0. The Morgan fingerprint density at radius 1 is 1.17 bits per heavy atom. The van der Waals surface area contributed by atoms with E-state index in [1.54, 1.807) is 0 Å². The third kappa shape index (κ3) is 4.68. The summed E-state index contributed by atoms with van der Waals surface area (Å²) in [7, 11) is -1.71. The summed E-state index contributed by atoms with van der Waals surface area (Å²) < 4.78 is 6.61. The van der Waals surface area contributed by atoms with Gasteiger partial charge in [-0.1, -0.05) is 57.5 Å². The molecule has 2 nitrogen and oxygen atoms in total. The van der Waals surface area contributed by atoms with Gasteiger partial charge < -0.3 is 4.43 Å². The minimum Gasteiger partial charge on any atom is -0.415 e. The van der Waals surface area contributed by atoms with Gasteiger partial charge in [-0.15, -0.1) is 0 Å². The molecule has 0 unspecified atom stereocenters. The van der Waals surface area contributed by atoms with Gasteiger partial charge in [0.15, 0.2) is 8.32 Å². The van der Waals surface area contributed by atoms with Crippen LogP contribution in [0.25, 0.3) is 0 Å². The number of benzene rings is 1. The van der Waals surface area contributed by atoms with Crippen molar-refractivity contribution in [3.8, 4) is 0 Å². The van der Waals surface area contributed by atoms with Crippen LogP contribution in [0, 0.1) is 0 Å². The maximum atomic E-state index is 6.61. The molecule has 1 heterocycles. The molecule has 1 saturated heterocycles. The highest BCUT2D eigenvalue weighted by Crippen LogP contribution is 2.38. The van der Waals surface area contributed by atoms with Crippen molar-refractivity contribution in [1.82, 2.24) is 4.90 Å². The largest absolute Gasteiger partial charge is 0.415 e. The number of hydrogen-bond acceptors (Lipinski definition) is 2. The molecule has 0 radical (unpaired) electrons. The molecule has 2 rings (SSSR count). The van der Waals surface area contributed by atoms with Crippen LogP contribution in [0.4, 0.5) is 0 Å². The van der Waals surface area contributed by atoms with E-state index in [4.69, 9.17) is 4.43 Å². The first-order chi connectivity index (χ1) is 10.7. The van der Waals surface area contributed by atoms with Crippen LogP contribution < -0.4 is 0 Å². The highest BCUT2D eigenvalue weighted by Gasteiger charge is 2.38. The molecule has 1 fully saturated rings. The fourth-order valence-electron chi connectivity index (χ4n) is 3.15. The molecular formula is C20H35NOSi. The number of hydrogen-bond donors (Lipinski definition) is 0. The van der Waals surface area contributed by atoms with Gasteiger partial charge in [-0.05, 0) is 50.0 Å². The Labute approximate surface area is 144 Å². The topological polar surface area (TPSA) is 12.5 Å². The second kappa shape index (κ2) is 7.50. The van der Waals surface area contributed by atoms with Gasteiger partial charge in [0.25, 0.3) is 0 Å². The minimum atomic E-state index is -1.71. The number of piperidine rings is 1. The molecule has 3 heteroatoms. The van der Waals surface area contributed by atoms with Crippen molar-refractivity contribution in [3.63, 3.8) is 0 Å². The molecular weight excluding hydrogens is 298 g/mol. The standard InChI is InChI=1S/C20H35NOSi/c1-17-12-10-11-15-21(17)19(18-13-8-7-9-14-18)16-22-23(5,6)20(2,3)4/h7-9,13-14,17,19H,10-12,15-16H2,1-6H3/t17-,19+/m1/s1. The van der Waals surface area contributed by atoms with E-state index in [0.717, 1.165) is 6.61 Å². The lowest BCUT2D eigenvalue weighted by molar-refractivity contribution is 0.0674. The summed E-state index contributed by atoms with van der Waals surface area (Å²) in [4.78, 5) is 2.67. The first-order valence-corrected chi connectivity index (χ1v) is 12.1. The monoisotopic (exact) mass is 333 g/mol. The minimum absolute atomic E-state index is 0.266. The van der Waals surface area contributed by atoms with E-state index in [0.29, 0.717) is 12.1 Å². The third-order valence-corrected chi connectivity index (χ3v) is 10.3. The van der Waals surface area contributed by atoms with E-state index in [1.165, 1.54) is 31.4 Å². The molecule has 0 amide bonds. The highest BCUT2D eigenvalue weighted by atomic mass is 28.4. The molecule has 1 aromatic carbocycles. The van der Waals surface area contributed by atoms with Crippen molar-refractivity contribution in [2.45, 2.75) is 77.2 Å². The zero-order chi connectivity index (χ0) is 17.1. The number of nitrogens with zero attached hydrogens (tertiary/aromatic N) is 1. The second-order valence-electron chi connectivity index (χ2n) is 8.58. The van der Waals surface area contributed by atoms with Gasteiger partial charge in [0.05, 0.1) is 12.6 Å². The van der Waals surface area contributed by atoms with Crippen molar-refractivity contribution in [3.05, 3.63) is 35.9 Å². The average molecular weight is 334 g/mol. The van der Waals surface area contributed by atoms with E-state index in [-0.39, 0.29) is 5.04 Å². The molecule has 1 aliphatic heterocycles. The van der Waals surface area contributed by atoms with Gasteiger partial charge in [0, 0.05) is 6.04 Å². The van der Waals surface area contributed by atoms with Crippen molar-refractivity contribution in [1.29, 1.82) is 0 Å². The quantitative estimate of drug-likeness (QED) is 0.648. The van der Waals surface area contributed by atoms with E-state index in [9.17, 15) is 0 Å². The summed E-state index contributed by atoms with van der Waals surface area (Å²) in [6, 6.07) is 12.0. The molecule has 2 atom stereocenters. The van der Waals surface area contributed by atoms with Crippen molar-refractivity contribution in [2.75, 3.05) is 13.2 Å². The lowest BCUT2D eigenvalue weighted by Gasteiger charge is -2.43. The van der Waals surface area contributed by atoms with Crippen LogP contribution in [-0.4, -0.2) is 32.4 Å². The molecule has 0 aliphatic carbocycles. The Balaban J connectivity index is 2.18. The van der Waals surface area contributed by atoms with Gasteiger partial charge >= 0.3 is 0 Å². The van der Waals surface area contributed by atoms with E-state index in [1.807, 2.05) is 0 Å². The fourth-order valence-corrected chi connectivity index (χ4v) is 4.15. The second-order valence-corrected chi connectivity index (χ2v) is 13.4. The normalized spacial score (nSPS) is 22.1. The maximum Gasteiger partial charge on any atom is 0.192 e. The molecule has 0 aromatic heterocycles. The Morgan fingerprint density at radius 2 is 1.83 bits per heavy atom. The Hall–Kier alpha value is -0.643. The molecule has 0 bridgehead atoms. The van der Waals surface area contributed by atoms with Crippen LogP contribution in [0.5, 0.6) is 0 Å². The fraction of sp³-hybridized carbons (Fsp3) is 0.700. The van der Waals surface area contributed by atoms with Crippen molar-refractivity contribution >= 4 is 8.32 Å². The molecule has 0 saturated carbocycles. The summed E-state index contributed by atoms with van der Waals surface area (Å²) in [6.07, 6.45) is 3.99. The summed E-state index contributed by atoms with van der Waals surface area (Å²) in [5.41, 5.74) is 1.40. The lowest BCUT2D eigenvalue weighted by atomic mass is 9.98. The summed E-state index contributed by atoms with van der Waals surface area (Å²) in [6.45, 7) is 16.1. The Bertz CT molecular complexity index is 480. The molecule has 130 valence electrons. The van der Waals surface area contributed by atoms with Crippen LogP contribution in [-0.2, 0) is 4.43 Å². The summed E-state index contributed by atoms with van der Waals surface area (Å²) in [5.74, 6) is 0. The highest BCUT2D eigenvalue weighted by molar-refractivity contribution is 6.74. The van der Waals surface area contributed by atoms with E-state index < -0.39 is 8.32 Å². The van der Waals surface area contributed by atoms with Crippen LogP contribution in [0.3, 0.4) is 0 Å². The molecule has 0 spiro atoms. The zero-order valence-electron chi connectivity index (χ0n) is 15.9. The van der Waals surface area contributed by atoms with Crippen molar-refractivity contribution in [2.24, 2.45) is 0 Å². The van der Waals surface area contributed by atoms with Gasteiger partial charge in [-0.2, -0.15) is 0 Å². The molecule has 1 aliphatic rings. The number of likely N-dealkylation sites (tertiary alicyclic amines) is 1. The third-order valence-electron chi connectivity index (χ3n) is 5.85. The van der Waals surface area contributed by atoms with Crippen LogP contribution in [0.2, 0.25) is 18.1 Å². The molecule has 23 heavy (non-hydrogen) atoms. The SMILES string of the molecule is C[C@@H]1CCCCN1[C@@H](CO[Si](C)(C)C(C)(C)C)c1ccccc1. The smallest absolute Gasteiger partial charge is 0.192 e. The van der Waals surface area contributed by atoms with Gasteiger partial charge in [0.2, 0.25) is 0 Å². The van der Waals surface area contributed by atoms with Crippen molar-refractivity contribution < 1.29 is 4.43 Å². The lowest BCUT2D eigenvalue weighted by Crippen LogP contribution is -2.46. The Kier molecular flexibility index (Phi) is 6.09. The van der Waals surface area contributed by atoms with E-state index in [2.05, 4.69) is 76.0 Å². The van der Waals surface area contributed by atoms with Gasteiger partial charge in [-0.25, -0.2) is 0 Å². The maximum absolute atomic E-state index is 6.61. The van der Waals surface area contributed by atoms with Crippen LogP contribution in [0.15, 0.2) is 30.3 Å². The molecule has 1 aromatic rings. The Morgan fingerprint density at radius 3 is 2.39 bits per heavy atom. The van der Waals surface area contributed by atoms with Crippen LogP contribution >= 0.6 is 0 Å². The summed E-state index contributed by atoms with van der Waals surface area (Å²) in [5, 5.41) is 0.266. The predicted octanol–water partition coefficient (Wildman–Crippen LogP) is 5.62. The van der Waals surface area contributed by atoms with Crippen LogP contribution in [0.1, 0.15) is 58.6 Å². The van der Waals surface area contributed by atoms with Gasteiger partial charge in [0.1, 0.15) is 0 Å². The first kappa shape index (κ1) is 18.7. The first-order valence-electron chi connectivity index (χ1n) is 9.17.